The predicted octanol–water partition coefficient (Wildman–Crippen LogP) is 14.3. The molecule has 228 valence electrons. The first-order chi connectivity index (χ1) is 19.6. The molecule has 0 aromatic heterocycles. The molecule has 17 heteroatoms. The average Bonchev–Trinajstić information content (AvgIpc) is 3.35. The number of allylic oxidation sites excluding steroid dienone is 8. The van der Waals surface area contributed by atoms with E-state index in [1.54, 1.807) is 18.2 Å². The van der Waals surface area contributed by atoms with Crippen LogP contribution < -0.4 is 0 Å². The second-order valence-corrected chi connectivity index (χ2v) is 19.2. The van der Waals surface area contributed by atoms with Crippen LogP contribution in [0.15, 0.2) is 58.5 Å². The highest BCUT2D eigenvalue weighted by atomic mass is 35.5. The number of halogens is 17. The Morgan fingerprint density at radius 1 is 0.419 bits per heavy atom. The van der Waals surface area contributed by atoms with Gasteiger partial charge in [0.2, 0.25) is 0 Å². The van der Waals surface area contributed by atoms with Crippen LogP contribution in [0.5, 0.6) is 0 Å². The van der Waals surface area contributed by atoms with Gasteiger partial charge in [0.05, 0.1) is 40.3 Å². The molecule has 4 atom stereocenters. The molecule has 0 aliphatic heterocycles. The monoisotopic (exact) mass is 912 g/mol. The molecule has 0 N–H and O–H groups in total. The highest BCUT2D eigenvalue weighted by Gasteiger charge is 2.84. The topological polar surface area (TPSA) is 0 Å². The van der Waals surface area contributed by atoms with Crippen molar-refractivity contribution in [2.75, 3.05) is 0 Å². The van der Waals surface area contributed by atoms with Gasteiger partial charge in [0.1, 0.15) is 24.4 Å². The van der Waals surface area contributed by atoms with Crippen LogP contribution in [0.2, 0.25) is 0 Å². The first-order valence-electron chi connectivity index (χ1n) is 11.7. The van der Waals surface area contributed by atoms with E-state index in [0.717, 1.165) is 0 Å². The molecule has 0 spiro atoms. The normalized spacial score (nSPS) is 36.2. The Morgan fingerprint density at radius 2 is 0.767 bits per heavy atom. The molecule has 7 rings (SSSR count). The van der Waals surface area contributed by atoms with Crippen LogP contribution in [-0.2, 0) is 25.9 Å². The largest absolute Gasteiger partial charge is 0.174 e. The number of alkyl halides is 9. The van der Waals surface area contributed by atoms with Crippen molar-refractivity contribution in [1.29, 1.82) is 0 Å². The van der Waals surface area contributed by atoms with Gasteiger partial charge in [-0.3, -0.25) is 0 Å². The summed E-state index contributed by atoms with van der Waals surface area (Å²) in [5.41, 5.74) is 1.59. The van der Waals surface area contributed by atoms with Crippen molar-refractivity contribution in [3.05, 3.63) is 86.3 Å². The van der Waals surface area contributed by atoms with E-state index in [1.165, 1.54) is 0 Å². The second kappa shape index (κ2) is 9.67. The SMILES string of the molecule is ClC1=C(Cl)C(Cl)(Cc2ccc3c4c(c5c(c3c2)C2(Cl)C(Cl)=C(Cl)C5(Cl)C2(Cl)Cl)C2(Cl)C(Cl)=C(Cl)C4(Cl)C2(Cl)Cl)C(Cl)=C1Cl. The molecule has 0 heterocycles. The number of rotatable bonds is 2. The lowest BCUT2D eigenvalue weighted by atomic mass is 9.78. The predicted molar refractivity (Wildman–Crippen MR) is 190 cm³/mol. The maximum absolute atomic E-state index is 7.33. The van der Waals surface area contributed by atoms with Crippen molar-refractivity contribution in [2.45, 2.75) is 39.5 Å². The summed E-state index contributed by atoms with van der Waals surface area (Å²) >= 11 is 117. The van der Waals surface area contributed by atoms with E-state index in [-0.39, 0.29) is 63.4 Å². The van der Waals surface area contributed by atoms with E-state index >= 15 is 0 Å². The zero-order valence-electron chi connectivity index (χ0n) is 19.9. The van der Waals surface area contributed by atoms with Gasteiger partial charge in [-0.2, -0.15) is 0 Å². The standard InChI is InChI=1S/C26H5Cl17/c27-12-13(28)15(30)20(35,14(12)29)4-5-1-2-6-7(3-5)9-11(24(39)19(34)17(32)22(9,37)26(24,42)43)10-8(6)21(36)16(31)18(33)23(10,38)25(21,40)41/h1-3H,4H2. The van der Waals surface area contributed by atoms with Gasteiger partial charge in [0.25, 0.3) is 0 Å². The van der Waals surface area contributed by atoms with Crippen molar-refractivity contribution < 1.29 is 0 Å². The zero-order valence-corrected chi connectivity index (χ0v) is 32.7. The molecule has 4 unspecified atom stereocenters. The molecule has 0 saturated carbocycles. The Bertz CT molecular complexity index is 1890. The minimum atomic E-state index is -2.06. The van der Waals surface area contributed by atoms with Gasteiger partial charge < -0.3 is 0 Å². The molecule has 0 amide bonds. The molecule has 0 fully saturated rings. The second-order valence-electron chi connectivity index (χ2n) is 10.7. The number of fused-ring (bicyclic) bond motifs is 14. The van der Waals surface area contributed by atoms with Crippen LogP contribution in [-0.4, -0.2) is 13.5 Å². The molecule has 0 nitrogen and oxygen atoms in total. The first kappa shape index (κ1) is 34.1. The molecule has 0 saturated heterocycles. The van der Waals surface area contributed by atoms with Crippen molar-refractivity contribution >= 4 is 208 Å². The molecule has 5 aliphatic rings. The van der Waals surface area contributed by atoms with E-state index in [4.69, 9.17) is 197 Å². The van der Waals surface area contributed by atoms with E-state index in [1.807, 2.05) is 0 Å². The third-order valence-corrected chi connectivity index (χ3v) is 19.7. The number of hydrogen-bond acceptors (Lipinski definition) is 0. The molecule has 4 bridgehead atoms. The van der Waals surface area contributed by atoms with Crippen molar-refractivity contribution in [1.82, 2.24) is 0 Å². The maximum Gasteiger partial charge on any atom is 0.174 e. The molecular weight excluding hydrogens is 915 g/mol. The van der Waals surface area contributed by atoms with Gasteiger partial charge >= 0.3 is 0 Å². The summed E-state index contributed by atoms with van der Waals surface area (Å²) in [6.45, 7) is 0. The lowest BCUT2D eigenvalue weighted by molar-refractivity contribution is 0.615. The summed E-state index contributed by atoms with van der Waals surface area (Å²) in [6.07, 6.45) is 0.0336. The Balaban J connectivity index is 1.63. The minimum absolute atomic E-state index is 0.0336. The van der Waals surface area contributed by atoms with E-state index in [2.05, 4.69) is 0 Å². The zero-order chi connectivity index (χ0) is 32.0. The smallest absolute Gasteiger partial charge is 0.106 e. The Labute approximate surface area is 329 Å². The lowest BCUT2D eigenvalue weighted by Crippen LogP contribution is -2.41. The van der Waals surface area contributed by atoms with Crippen molar-refractivity contribution in [2.24, 2.45) is 0 Å². The lowest BCUT2D eigenvalue weighted by Gasteiger charge is -2.35. The van der Waals surface area contributed by atoms with Gasteiger partial charge in [-0.25, -0.2) is 0 Å². The quantitative estimate of drug-likeness (QED) is 0.263. The fraction of sp³-hybridized carbons (Fsp3) is 0.308. The van der Waals surface area contributed by atoms with Crippen molar-refractivity contribution in [3.63, 3.8) is 0 Å². The van der Waals surface area contributed by atoms with Gasteiger partial charge in [-0.1, -0.05) is 157 Å². The molecule has 5 aliphatic carbocycles. The molecule has 0 radical (unpaired) electrons. The Hall–Kier alpha value is 2.59. The minimum Gasteiger partial charge on any atom is -0.106 e. The summed E-state index contributed by atoms with van der Waals surface area (Å²) in [5.74, 6) is 0. The van der Waals surface area contributed by atoms with Gasteiger partial charge in [0, 0.05) is 6.42 Å². The van der Waals surface area contributed by atoms with E-state index in [0.29, 0.717) is 21.9 Å². The third kappa shape index (κ3) is 3.30. The fourth-order valence-corrected chi connectivity index (χ4v) is 13.8. The summed E-state index contributed by atoms with van der Waals surface area (Å²) in [7, 11) is 0. The van der Waals surface area contributed by atoms with Crippen LogP contribution in [0.1, 0.15) is 27.8 Å². The van der Waals surface area contributed by atoms with Gasteiger partial charge in [-0.05, 0) is 38.6 Å². The van der Waals surface area contributed by atoms with Crippen LogP contribution in [0.25, 0.3) is 10.8 Å². The average molecular weight is 920 g/mol. The van der Waals surface area contributed by atoms with E-state index < -0.39 is 33.0 Å². The summed E-state index contributed by atoms with van der Waals surface area (Å²) in [6, 6.07) is 5.21. The van der Waals surface area contributed by atoms with Gasteiger partial charge in [0.15, 0.2) is 8.67 Å². The Kier molecular flexibility index (Phi) is 7.66. The Morgan fingerprint density at radius 3 is 1.16 bits per heavy atom. The maximum atomic E-state index is 7.33. The summed E-state index contributed by atoms with van der Waals surface area (Å²) < 4.78 is -4.10. The highest BCUT2D eigenvalue weighted by Crippen LogP contribution is 2.85. The molecular formula is C26H5Cl17. The van der Waals surface area contributed by atoms with Crippen LogP contribution in [0.4, 0.5) is 0 Å². The van der Waals surface area contributed by atoms with Crippen LogP contribution >= 0.6 is 197 Å². The number of benzene rings is 2. The molecule has 2 aromatic rings. The van der Waals surface area contributed by atoms with Crippen LogP contribution in [0.3, 0.4) is 0 Å². The summed E-state index contributed by atoms with van der Waals surface area (Å²) in [4.78, 5) is -9.08. The van der Waals surface area contributed by atoms with Gasteiger partial charge in [-0.15, -0.1) is 58.0 Å². The van der Waals surface area contributed by atoms with Crippen molar-refractivity contribution in [3.8, 4) is 0 Å². The highest BCUT2D eigenvalue weighted by molar-refractivity contribution is 6.68. The molecule has 2 aromatic carbocycles. The fourth-order valence-electron chi connectivity index (χ4n) is 6.82. The van der Waals surface area contributed by atoms with Crippen LogP contribution in [0, 0.1) is 0 Å². The van der Waals surface area contributed by atoms with E-state index in [9.17, 15) is 0 Å². The third-order valence-electron chi connectivity index (χ3n) is 8.80. The summed E-state index contributed by atoms with van der Waals surface area (Å²) in [5, 5.41) is 0.674. The first-order valence-corrected chi connectivity index (χ1v) is 18.1. The molecule has 43 heavy (non-hydrogen) atoms. The number of hydrogen-bond donors (Lipinski definition) is 0.